The molecule has 0 aromatic heterocycles. The summed E-state index contributed by atoms with van der Waals surface area (Å²) in [6, 6.07) is 15.8. The number of aryl methyl sites for hydroxylation is 3. The first kappa shape index (κ1) is 26.0. The van der Waals surface area contributed by atoms with E-state index in [9.17, 15) is 0 Å². The second kappa shape index (κ2) is 13.3. The molecule has 0 saturated carbocycles. The number of benzene rings is 2. The molecule has 1 heterocycles. The fourth-order valence-corrected chi connectivity index (χ4v) is 4.35. The molecule has 0 spiro atoms. The molecule has 176 valence electrons. The van der Waals surface area contributed by atoms with Gasteiger partial charge in [0.15, 0.2) is 0 Å². The standard InChI is InChI=1S/C27H39N3.C2H6/c1-6-25-11-14-27(24(5)21-25)30(22(2)3)16-8-7-15-28-17-19-29(20-18-28)26-12-9-23(4)10-13-26;1-2/h9-14,21H,2,6-8,15-20H2,1,3-5H3;1-2H3. The van der Waals surface area contributed by atoms with Gasteiger partial charge in [0, 0.05) is 49.8 Å². The van der Waals surface area contributed by atoms with Crippen molar-refractivity contribution in [3.8, 4) is 0 Å². The molecule has 1 aliphatic heterocycles. The molecule has 0 atom stereocenters. The Morgan fingerprint density at radius 1 is 0.938 bits per heavy atom. The lowest BCUT2D eigenvalue weighted by Crippen LogP contribution is -2.46. The van der Waals surface area contributed by atoms with Crippen LogP contribution in [0.5, 0.6) is 0 Å². The highest BCUT2D eigenvalue weighted by Gasteiger charge is 2.17. The van der Waals surface area contributed by atoms with Crippen molar-refractivity contribution >= 4 is 11.4 Å². The molecule has 3 nitrogen and oxygen atoms in total. The van der Waals surface area contributed by atoms with Crippen LogP contribution in [0.3, 0.4) is 0 Å². The van der Waals surface area contributed by atoms with Crippen molar-refractivity contribution in [3.05, 3.63) is 71.4 Å². The maximum Gasteiger partial charge on any atom is 0.0437 e. The Kier molecular flexibility index (Phi) is 10.8. The summed E-state index contributed by atoms with van der Waals surface area (Å²) in [5, 5.41) is 0. The van der Waals surface area contributed by atoms with Crippen LogP contribution in [0.1, 0.15) is 57.2 Å². The highest BCUT2D eigenvalue weighted by molar-refractivity contribution is 5.58. The van der Waals surface area contributed by atoms with Gasteiger partial charge in [-0.15, -0.1) is 0 Å². The van der Waals surface area contributed by atoms with E-state index >= 15 is 0 Å². The summed E-state index contributed by atoms with van der Waals surface area (Å²) in [4.78, 5) is 7.53. The Morgan fingerprint density at radius 3 is 2.16 bits per heavy atom. The smallest absolute Gasteiger partial charge is 0.0437 e. The van der Waals surface area contributed by atoms with Gasteiger partial charge >= 0.3 is 0 Å². The van der Waals surface area contributed by atoms with Crippen molar-refractivity contribution in [1.82, 2.24) is 4.90 Å². The van der Waals surface area contributed by atoms with E-state index in [1.807, 2.05) is 13.8 Å². The Hall–Kier alpha value is -2.26. The van der Waals surface area contributed by atoms with Crippen LogP contribution in [0.15, 0.2) is 54.7 Å². The first-order chi connectivity index (χ1) is 15.5. The molecular formula is C29H45N3. The maximum atomic E-state index is 4.24. The van der Waals surface area contributed by atoms with Crippen LogP contribution >= 0.6 is 0 Å². The first-order valence-electron chi connectivity index (χ1n) is 12.5. The average Bonchev–Trinajstić information content (AvgIpc) is 2.81. The zero-order valence-corrected chi connectivity index (χ0v) is 21.5. The molecule has 1 aliphatic rings. The largest absolute Gasteiger partial charge is 0.369 e. The molecule has 0 aliphatic carbocycles. The van der Waals surface area contributed by atoms with Gasteiger partial charge in [0.25, 0.3) is 0 Å². The average molecular weight is 436 g/mol. The van der Waals surface area contributed by atoms with Crippen molar-refractivity contribution in [1.29, 1.82) is 0 Å². The molecule has 0 radical (unpaired) electrons. The van der Waals surface area contributed by atoms with E-state index in [2.05, 4.69) is 91.4 Å². The molecule has 1 fully saturated rings. The van der Waals surface area contributed by atoms with Gasteiger partial charge in [-0.05, 0) is 75.9 Å². The van der Waals surface area contributed by atoms with Crippen molar-refractivity contribution in [2.45, 2.75) is 60.8 Å². The van der Waals surface area contributed by atoms with Crippen molar-refractivity contribution in [2.24, 2.45) is 0 Å². The number of nitrogens with zero attached hydrogens (tertiary/aromatic N) is 3. The van der Waals surface area contributed by atoms with Crippen LogP contribution in [0.2, 0.25) is 0 Å². The first-order valence-corrected chi connectivity index (χ1v) is 12.5. The molecule has 0 amide bonds. The SMILES string of the molecule is C=C(C)N(CCCCN1CCN(c2ccc(C)cc2)CC1)c1ccc(CC)cc1C.CC. The van der Waals surface area contributed by atoms with Crippen LogP contribution in [-0.4, -0.2) is 44.2 Å². The summed E-state index contributed by atoms with van der Waals surface area (Å²) < 4.78 is 0. The molecular weight excluding hydrogens is 390 g/mol. The van der Waals surface area contributed by atoms with Gasteiger partial charge in [0.1, 0.15) is 0 Å². The van der Waals surface area contributed by atoms with Gasteiger partial charge in [-0.1, -0.05) is 57.2 Å². The predicted molar refractivity (Wildman–Crippen MR) is 143 cm³/mol. The van der Waals surface area contributed by atoms with Gasteiger partial charge in [-0.2, -0.15) is 0 Å². The Morgan fingerprint density at radius 2 is 1.59 bits per heavy atom. The number of anilines is 2. The van der Waals surface area contributed by atoms with E-state index in [-0.39, 0.29) is 0 Å². The van der Waals surface area contributed by atoms with Crippen LogP contribution in [0.25, 0.3) is 0 Å². The van der Waals surface area contributed by atoms with Gasteiger partial charge in [0.2, 0.25) is 0 Å². The lowest BCUT2D eigenvalue weighted by Gasteiger charge is -2.36. The third kappa shape index (κ3) is 7.41. The van der Waals surface area contributed by atoms with Crippen LogP contribution in [-0.2, 0) is 6.42 Å². The topological polar surface area (TPSA) is 9.72 Å². The summed E-state index contributed by atoms with van der Waals surface area (Å²) >= 11 is 0. The minimum Gasteiger partial charge on any atom is -0.369 e. The van der Waals surface area contributed by atoms with Crippen LogP contribution in [0.4, 0.5) is 11.4 Å². The second-order valence-corrected chi connectivity index (χ2v) is 8.73. The number of unbranched alkanes of at least 4 members (excludes halogenated alkanes) is 1. The quantitative estimate of drug-likeness (QED) is 0.399. The third-order valence-electron chi connectivity index (χ3n) is 6.30. The normalized spacial score (nSPS) is 14.0. The number of allylic oxidation sites excluding steroid dienone is 1. The summed E-state index contributed by atoms with van der Waals surface area (Å²) in [6.45, 7) is 23.8. The molecule has 2 aromatic rings. The van der Waals surface area contributed by atoms with E-state index < -0.39 is 0 Å². The van der Waals surface area contributed by atoms with Crippen LogP contribution < -0.4 is 9.80 Å². The third-order valence-corrected chi connectivity index (χ3v) is 6.30. The lowest BCUT2D eigenvalue weighted by atomic mass is 10.1. The molecule has 3 rings (SSSR count). The Bertz CT molecular complexity index is 817. The fraction of sp³-hybridized carbons (Fsp3) is 0.517. The lowest BCUT2D eigenvalue weighted by molar-refractivity contribution is 0.253. The maximum absolute atomic E-state index is 4.24. The van der Waals surface area contributed by atoms with Crippen LogP contribution in [0, 0.1) is 13.8 Å². The monoisotopic (exact) mass is 435 g/mol. The van der Waals surface area contributed by atoms with E-state index in [4.69, 9.17) is 0 Å². The van der Waals surface area contributed by atoms with E-state index in [1.165, 1.54) is 47.5 Å². The van der Waals surface area contributed by atoms with Gasteiger partial charge < -0.3 is 9.80 Å². The molecule has 0 N–H and O–H groups in total. The van der Waals surface area contributed by atoms with Gasteiger partial charge in [-0.25, -0.2) is 0 Å². The summed E-state index contributed by atoms with van der Waals surface area (Å²) in [7, 11) is 0. The zero-order chi connectivity index (χ0) is 23.5. The van der Waals surface area contributed by atoms with Crippen molar-refractivity contribution < 1.29 is 0 Å². The Balaban J connectivity index is 0.00000176. The molecule has 1 saturated heterocycles. The number of rotatable bonds is 9. The minimum absolute atomic E-state index is 1.05. The molecule has 3 heteroatoms. The zero-order valence-electron chi connectivity index (χ0n) is 21.5. The minimum atomic E-state index is 1.05. The Labute approximate surface area is 197 Å². The number of hydrogen-bond acceptors (Lipinski definition) is 3. The van der Waals surface area contributed by atoms with Gasteiger partial charge in [0.05, 0.1) is 0 Å². The molecule has 32 heavy (non-hydrogen) atoms. The second-order valence-electron chi connectivity index (χ2n) is 8.73. The summed E-state index contributed by atoms with van der Waals surface area (Å²) in [5.41, 5.74) is 7.90. The molecule has 2 aromatic carbocycles. The predicted octanol–water partition coefficient (Wildman–Crippen LogP) is 6.83. The van der Waals surface area contributed by atoms with E-state index in [0.29, 0.717) is 0 Å². The van der Waals surface area contributed by atoms with Gasteiger partial charge in [-0.3, -0.25) is 4.90 Å². The van der Waals surface area contributed by atoms with E-state index in [0.717, 1.165) is 44.8 Å². The highest BCUT2D eigenvalue weighted by atomic mass is 15.3. The molecule has 0 bridgehead atoms. The fourth-order valence-electron chi connectivity index (χ4n) is 4.35. The highest BCUT2D eigenvalue weighted by Crippen LogP contribution is 2.25. The number of piperazine rings is 1. The van der Waals surface area contributed by atoms with Crippen molar-refractivity contribution in [2.75, 3.05) is 49.1 Å². The molecule has 0 unspecified atom stereocenters. The summed E-state index contributed by atoms with van der Waals surface area (Å²) in [6.07, 6.45) is 3.52. The van der Waals surface area contributed by atoms with Crippen molar-refractivity contribution in [3.63, 3.8) is 0 Å². The van der Waals surface area contributed by atoms with E-state index in [1.54, 1.807) is 0 Å². The number of hydrogen-bond donors (Lipinski definition) is 0. The summed E-state index contributed by atoms with van der Waals surface area (Å²) in [5.74, 6) is 0.